The Morgan fingerprint density at radius 3 is 1.74 bits per heavy atom. The van der Waals surface area contributed by atoms with Gasteiger partial charge in [-0.15, -0.1) is 0 Å². The summed E-state index contributed by atoms with van der Waals surface area (Å²) in [6.45, 7) is 7.57. The first-order chi connectivity index (χ1) is 16.2. The van der Waals surface area contributed by atoms with E-state index in [1.54, 1.807) is 0 Å². The molecule has 0 aromatic heterocycles. The van der Waals surface area contributed by atoms with E-state index >= 15 is 0 Å². The molecule has 1 unspecified atom stereocenters. The largest absolute Gasteiger partial charge is 0.483 e. The molecule has 0 saturated carbocycles. The Morgan fingerprint density at radius 1 is 0.882 bits per heavy atom. The number of nitrogens with one attached hydrogen (secondary N) is 1. The summed E-state index contributed by atoms with van der Waals surface area (Å²) in [6.07, 6.45) is 0. The number of rotatable bonds is 8. The molecule has 3 atom stereocenters. The quantitative estimate of drug-likeness (QED) is 0.258. The van der Waals surface area contributed by atoms with Crippen molar-refractivity contribution in [1.29, 1.82) is 0 Å². The summed E-state index contributed by atoms with van der Waals surface area (Å²) in [5.74, 6) is 0.00161. The van der Waals surface area contributed by atoms with Gasteiger partial charge in [-0.3, -0.25) is 9.65 Å². The van der Waals surface area contributed by atoms with Gasteiger partial charge in [0.05, 0.1) is 23.8 Å². The molecule has 0 fully saturated rings. The topological polar surface area (TPSA) is 67.8 Å². The molecular formula is C27H33N2O3PS. The summed E-state index contributed by atoms with van der Waals surface area (Å²) in [6, 6.07) is 28.3. The highest BCUT2D eigenvalue weighted by Gasteiger charge is 2.35. The van der Waals surface area contributed by atoms with Gasteiger partial charge in [-0.1, -0.05) is 73.7 Å². The maximum atomic E-state index is 14.7. The number of ether oxygens (including phenoxy) is 1. The van der Waals surface area contributed by atoms with Crippen molar-refractivity contribution in [3.05, 3.63) is 96.6 Å². The van der Waals surface area contributed by atoms with E-state index in [0.29, 0.717) is 16.5 Å². The molecule has 0 heterocycles. The minimum atomic E-state index is -3.25. The first kappa shape index (κ1) is 26.1. The standard InChI is InChI=1S/C27H33N2O3PS/c1-21(26(32-5)29-34(31)27(2,3)4)25(22-15-9-6-10-16-22)28-33(30,23-17-11-7-12-18-23)24-19-13-8-14-20-24/h6-21,25H,1-5H3,(H,28,30)/b29-26+/t21-,25?,34-/m1/s1. The number of benzene rings is 3. The maximum Gasteiger partial charge on any atom is 0.205 e. The Kier molecular flexibility index (Phi) is 8.64. The molecule has 0 aliphatic heterocycles. The van der Waals surface area contributed by atoms with Crippen LogP contribution in [0.15, 0.2) is 95.4 Å². The van der Waals surface area contributed by atoms with Gasteiger partial charge in [0.2, 0.25) is 13.2 Å². The van der Waals surface area contributed by atoms with Crippen molar-refractivity contribution in [2.75, 3.05) is 7.11 Å². The van der Waals surface area contributed by atoms with Gasteiger partial charge >= 0.3 is 0 Å². The average molecular weight is 497 g/mol. The van der Waals surface area contributed by atoms with Crippen LogP contribution in [0.1, 0.15) is 39.3 Å². The lowest BCUT2D eigenvalue weighted by molar-refractivity contribution is 0.352. The normalized spacial score (nSPS) is 15.4. The molecule has 1 N–H and O–H groups in total. The van der Waals surface area contributed by atoms with E-state index in [2.05, 4.69) is 9.49 Å². The van der Waals surface area contributed by atoms with Crippen molar-refractivity contribution in [3.63, 3.8) is 0 Å². The van der Waals surface area contributed by atoms with Crippen LogP contribution in [-0.4, -0.2) is 22.0 Å². The van der Waals surface area contributed by atoms with E-state index in [-0.39, 0.29) is 5.92 Å². The maximum absolute atomic E-state index is 14.7. The number of methoxy groups -OCH3 is 1. The molecule has 3 aromatic carbocycles. The first-order valence-corrected chi connectivity index (χ1v) is 14.1. The Labute approximate surface area is 205 Å². The van der Waals surface area contributed by atoms with E-state index in [1.165, 1.54) is 7.11 Å². The van der Waals surface area contributed by atoms with Gasteiger partial charge in [-0.25, -0.2) is 4.21 Å². The fraction of sp³-hybridized carbons (Fsp3) is 0.296. The van der Waals surface area contributed by atoms with E-state index in [0.717, 1.165) is 5.56 Å². The van der Waals surface area contributed by atoms with Crippen LogP contribution in [0.5, 0.6) is 0 Å². The van der Waals surface area contributed by atoms with Crippen LogP contribution >= 0.6 is 7.29 Å². The van der Waals surface area contributed by atoms with Crippen molar-refractivity contribution < 1.29 is 13.5 Å². The van der Waals surface area contributed by atoms with E-state index in [1.807, 2.05) is 119 Å². The van der Waals surface area contributed by atoms with Gasteiger partial charge < -0.3 is 4.74 Å². The second-order valence-electron chi connectivity index (χ2n) is 9.08. The van der Waals surface area contributed by atoms with Gasteiger partial charge in [-0.05, 0) is 50.6 Å². The molecule has 3 rings (SSSR count). The van der Waals surface area contributed by atoms with Crippen LogP contribution in [0.4, 0.5) is 0 Å². The number of hydrogen-bond donors (Lipinski definition) is 1. The first-order valence-electron chi connectivity index (χ1n) is 11.3. The number of hydrogen-bond acceptors (Lipinski definition) is 3. The van der Waals surface area contributed by atoms with Crippen molar-refractivity contribution in [3.8, 4) is 0 Å². The van der Waals surface area contributed by atoms with Crippen LogP contribution < -0.4 is 15.7 Å². The molecule has 0 aliphatic carbocycles. The van der Waals surface area contributed by atoms with E-state index < -0.39 is 29.1 Å². The Balaban J connectivity index is 2.13. The van der Waals surface area contributed by atoms with Crippen molar-refractivity contribution in [2.45, 2.75) is 38.5 Å². The summed E-state index contributed by atoms with van der Waals surface area (Å²) < 4.78 is 37.1. The van der Waals surface area contributed by atoms with Gasteiger partial charge in [0.1, 0.15) is 11.0 Å². The minimum Gasteiger partial charge on any atom is -0.483 e. The van der Waals surface area contributed by atoms with E-state index in [9.17, 15) is 8.77 Å². The molecule has 7 heteroatoms. The van der Waals surface area contributed by atoms with E-state index in [4.69, 9.17) is 4.74 Å². The molecule has 3 aromatic rings. The molecule has 5 nitrogen and oxygen atoms in total. The molecule has 0 spiro atoms. The second-order valence-corrected chi connectivity index (χ2v) is 13.5. The molecule has 0 aliphatic rings. The summed E-state index contributed by atoms with van der Waals surface area (Å²) in [7, 11) is -3.21. The zero-order chi connectivity index (χ0) is 24.8. The zero-order valence-corrected chi connectivity index (χ0v) is 22.1. The Morgan fingerprint density at radius 2 is 1.32 bits per heavy atom. The Bertz CT molecular complexity index is 1120. The van der Waals surface area contributed by atoms with Crippen LogP contribution in [-0.2, 0) is 20.3 Å². The highest BCUT2D eigenvalue weighted by molar-refractivity contribution is 7.85. The Hall–Kier alpha value is -2.53. The highest BCUT2D eigenvalue weighted by Crippen LogP contribution is 2.43. The van der Waals surface area contributed by atoms with Crippen LogP contribution in [0.25, 0.3) is 0 Å². The molecule has 34 heavy (non-hydrogen) atoms. The van der Waals surface area contributed by atoms with Crippen LogP contribution in [0.2, 0.25) is 0 Å². The molecule has 0 amide bonds. The lowest BCUT2D eigenvalue weighted by Gasteiger charge is -2.31. The van der Waals surface area contributed by atoms with Gasteiger partial charge in [0.25, 0.3) is 0 Å². The predicted molar refractivity (Wildman–Crippen MR) is 144 cm³/mol. The smallest absolute Gasteiger partial charge is 0.205 e. The van der Waals surface area contributed by atoms with Crippen molar-refractivity contribution in [1.82, 2.24) is 5.09 Å². The fourth-order valence-corrected chi connectivity index (χ4v) is 6.80. The van der Waals surface area contributed by atoms with Gasteiger partial charge in [-0.2, -0.15) is 4.40 Å². The monoisotopic (exact) mass is 496 g/mol. The number of nitrogens with zero attached hydrogens (tertiary/aromatic N) is 1. The second kappa shape index (κ2) is 11.3. The summed E-state index contributed by atoms with van der Waals surface area (Å²) in [4.78, 5) is 0. The third-order valence-corrected chi connectivity index (χ3v) is 9.60. The fourth-order valence-electron chi connectivity index (χ4n) is 3.57. The highest BCUT2D eigenvalue weighted by atomic mass is 32.2. The SMILES string of the molecule is CO/C(=N/[S@](=O)C(C)(C)C)[C@H](C)C(NP(=O)(c1ccccc1)c1ccccc1)c1ccccc1. The molecular weight excluding hydrogens is 463 g/mol. The molecule has 0 saturated heterocycles. The van der Waals surface area contributed by atoms with Crippen LogP contribution in [0.3, 0.4) is 0 Å². The van der Waals surface area contributed by atoms with Crippen LogP contribution in [0, 0.1) is 5.92 Å². The zero-order valence-electron chi connectivity index (χ0n) is 20.3. The third kappa shape index (κ3) is 6.12. The summed E-state index contributed by atoms with van der Waals surface area (Å²) in [5.41, 5.74) is 0.938. The molecule has 0 bridgehead atoms. The molecule has 0 radical (unpaired) electrons. The van der Waals surface area contributed by atoms with Crippen molar-refractivity contribution >= 4 is 34.8 Å². The average Bonchev–Trinajstić information content (AvgIpc) is 2.86. The van der Waals surface area contributed by atoms with Gasteiger partial charge in [0, 0.05) is 10.6 Å². The van der Waals surface area contributed by atoms with Gasteiger partial charge in [0.15, 0.2) is 0 Å². The predicted octanol–water partition coefficient (Wildman–Crippen LogP) is 5.39. The van der Waals surface area contributed by atoms with Crippen molar-refractivity contribution in [2.24, 2.45) is 10.3 Å². The summed E-state index contributed by atoms with van der Waals surface area (Å²) >= 11 is 0. The molecule has 180 valence electrons. The lowest BCUT2D eigenvalue weighted by atomic mass is 9.95. The minimum absolute atomic E-state index is 0.348. The lowest BCUT2D eigenvalue weighted by Crippen LogP contribution is -2.36. The third-order valence-electron chi connectivity index (χ3n) is 5.51. The summed E-state index contributed by atoms with van der Waals surface area (Å²) in [5, 5.41) is 4.92.